The normalized spacial score (nSPS) is 50.5. The van der Waals surface area contributed by atoms with E-state index in [-0.39, 0.29) is 0 Å². The molecule has 4 rings (SSSR count). The van der Waals surface area contributed by atoms with Crippen molar-refractivity contribution < 1.29 is 8.97 Å². The van der Waals surface area contributed by atoms with Gasteiger partial charge in [-0.3, -0.25) is 0 Å². The lowest BCUT2D eigenvalue weighted by Crippen LogP contribution is -2.80. The van der Waals surface area contributed by atoms with Crippen molar-refractivity contribution in [3.8, 4) is 0 Å². The molecule has 13 heavy (non-hydrogen) atoms. The molecular weight excluding hydrogens is 162 g/mol. The van der Waals surface area contributed by atoms with Crippen LogP contribution in [0.5, 0.6) is 0 Å². The van der Waals surface area contributed by atoms with Crippen molar-refractivity contribution >= 4 is 0 Å². The number of piperazine rings is 3. The van der Waals surface area contributed by atoms with E-state index >= 15 is 0 Å². The van der Waals surface area contributed by atoms with Gasteiger partial charge in [-0.25, -0.2) is 0 Å². The van der Waals surface area contributed by atoms with Gasteiger partial charge in [-0.05, 0) is 0 Å². The van der Waals surface area contributed by atoms with E-state index in [0.717, 1.165) is 6.04 Å². The Morgan fingerprint density at radius 1 is 0.923 bits per heavy atom. The van der Waals surface area contributed by atoms with Crippen LogP contribution in [0.3, 0.4) is 0 Å². The number of quaternary nitrogens is 2. The first-order valence-corrected chi connectivity index (χ1v) is 5.63. The van der Waals surface area contributed by atoms with Crippen LogP contribution in [0.4, 0.5) is 0 Å². The number of nitrogens with one attached hydrogen (secondary N) is 1. The molecule has 4 aliphatic rings. The van der Waals surface area contributed by atoms with Crippen molar-refractivity contribution in [2.75, 3.05) is 59.4 Å². The van der Waals surface area contributed by atoms with Crippen LogP contribution >= 0.6 is 0 Å². The minimum Gasteiger partial charge on any atom is -0.312 e. The van der Waals surface area contributed by atoms with Crippen LogP contribution in [0.15, 0.2) is 0 Å². The van der Waals surface area contributed by atoms with E-state index in [4.69, 9.17) is 0 Å². The number of nitrogens with zero attached hydrogens (tertiary/aromatic N) is 2. The molecule has 4 fully saturated rings. The van der Waals surface area contributed by atoms with E-state index in [1.54, 1.807) is 0 Å². The largest absolute Gasteiger partial charge is 0.312 e. The minimum absolute atomic E-state index is 0.967. The maximum Gasteiger partial charge on any atom is 0.129 e. The molecule has 0 aromatic carbocycles. The smallest absolute Gasteiger partial charge is 0.129 e. The molecule has 0 spiro atoms. The second-order valence-electron chi connectivity index (χ2n) is 5.49. The van der Waals surface area contributed by atoms with Crippen molar-refractivity contribution in [3.05, 3.63) is 0 Å². The first-order valence-electron chi connectivity index (χ1n) is 5.63. The standard InChI is InChI=1S/C10H21N3/c1-12-2-5-13(6-3-12,7-4-12)10-8-11-9-10/h10-11H,2-9H2,1H3/q+2. The molecule has 74 valence electrons. The van der Waals surface area contributed by atoms with E-state index in [1.807, 2.05) is 0 Å². The van der Waals surface area contributed by atoms with Crippen molar-refractivity contribution in [1.82, 2.24) is 5.32 Å². The predicted molar refractivity (Wildman–Crippen MR) is 52.3 cm³/mol. The molecule has 4 aliphatic heterocycles. The highest BCUT2D eigenvalue weighted by Crippen LogP contribution is 2.28. The van der Waals surface area contributed by atoms with Crippen LogP contribution in [-0.4, -0.2) is 74.4 Å². The summed E-state index contributed by atoms with van der Waals surface area (Å²) in [5.74, 6) is 0. The van der Waals surface area contributed by atoms with Crippen LogP contribution in [0.2, 0.25) is 0 Å². The van der Waals surface area contributed by atoms with Gasteiger partial charge in [0.05, 0.1) is 7.05 Å². The Hall–Kier alpha value is -0.120. The van der Waals surface area contributed by atoms with Crippen LogP contribution in [-0.2, 0) is 0 Å². The number of likely N-dealkylation sites (N-methyl/N-ethyl adjacent to an activating group) is 1. The number of fused-ring (bicyclic) bond motifs is 3. The van der Waals surface area contributed by atoms with Gasteiger partial charge in [0, 0.05) is 13.1 Å². The van der Waals surface area contributed by atoms with Crippen LogP contribution in [0.1, 0.15) is 0 Å². The summed E-state index contributed by atoms with van der Waals surface area (Å²) < 4.78 is 2.82. The van der Waals surface area contributed by atoms with Gasteiger partial charge in [0.2, 0.25) is 0 Å². The summed E-state index contributed by atoms with van der Waals surface area (Å²) in [6, 6.07) is 0.967. The summed E-state index contributed by atoms with van der Waals surface area (Å²) in [5, 5.41) is 3.42. The quantitative estimate of drug-likeness (QED) is 0.527. The molecule has 0 aromatic heterocycles. The summed E-state index contributed by atoms with van der Waals surface area (Å²) >= 11 is 0. The Morgan fingerprint density at radius 2 is 1.46 bits per heavy atom. The first kappa shape index (κ1) is 8.21. The molecule has 4 heterocycles. The predicted octanol–water partition coefficient (Wildman–Crippen LogP) is -0.751. The van der Waals surface area contributed by atoms with Gasteiger partial charge < -0.3 is 14.3 Å². The highest BCUT2D eigenvalue weighted by atomic mass is 15.5. The summed E-state index contributed by atoms with van der Waals surface area (Å²) in [6.45, 7) is 11.2. The van der Waals surface area contributed by atoms with Crippen molar-refractivity contribution in [2.24, 2.45) is 0 Å². The van der Waals surface area contributed by atoms with Gasteiger partial charge >= 0.3 is 0 Å². The third-order valence-corrected chi connectivity index (χ3v) is 4.79. The fourth-order valence-corrected chi connectivity index (χ4v) is 3.20. The third-order valence-electron chi connectivity index (χ3n) is 4.79. The molecule has 0 aromatic rings. The maximum atomic E-state index is 3.42. The van der Waals surface area contributed by atoms with Crippen molar-refractivity contribution in [2.45, 2.75) is 6.04 Å². The summed E-state index contributed by atoms with van der Waals surface area (Å²) in [5.41, 5.74) is 0. The van der Waals surface area contributed by atoms with Gasteiger partial charge in [-0.2, -0.15) is 0 Å². The molecule has 0 saturated carbocycles. The highest BCUT2D eigenvalue weighted by Gasteiger charge is 2.51. The molecule has 0 radical (unpaired) electrons. The van der Waals surface area contributed by atoms with Gasteiger partial charge in [0.1, 0.15) is 45.3 Å². The van der Waals surface area contributed by atoms with Crippen LogP contribution in [0, 0.1) is 0 Å². The van der Waals surface area contributed by atoms with Gasteiger partial charge in [0.25, 0.3) is 0 Å². The molecule has 3 heteroatoms. The Morgan fingerprint density at radius 3 is 1.85 bits per heavy atom. The summed E-state index contributed by atoms with van der Waals surface area (Å²) in [4.78, 5) is 0. The zero-order chi connectivity index (χ0) is 8.94. The molecule has 0 amide bonds. The molecule has 3 nitrogen and oxygen atoms in total. The average Bonchev–Trinajstić information content (AvgIpc) is 2.04. The van der Waals surface area contributed by atoms with E-state index in [9.17, 15) is 0 Å². The molecule has 0 atom stereocenters. The van der Waals surface area contributed by atoms with E-state index < -0.39 is 0 Å². The SMILES string of the molecule is C[N+]12CC[N+](C3CNC3)(CC1)CC2. The van der Waals surface area contributed by atoms with E-state index in [2.05, 4.69) is 12.4 Å². The van der Waals surface area contributed by atoms with Gasteiger partial charge in [-0.15, -0.1) is 0 Å². The Labute approximate surface area is 80.5 Å². The average molecular weight is 183 g/mol. The second-order valence-corrected chi connectivity index (χ2v) is 5.49. The van der Waals surface area contributed by atoms with Gasteiger partial charge in [-0.1, -0.05) is 0 Å². The van der Waals surface area contributed by atoms with Gasteiger partial charge in [0.15, 0.2) is 0 Å². The second kappa shape index (κ2) is 2.47. The monoisotopic (exact) mass is 183 g/mol. The Kier molecular flexibility index (Phi) is 1.56. The number of rotatable bonds is 1. The molecule has 0 aliphatic carbocycles. The summed E-state index contributed by atoms with van der Waals surface area (Å²) in [7, 11) is 2.44. The topological polar surface area (TPSA) is 12.0 Å². The van der Waals surface area contributed by atoms with E-state index in [1.165, 1.54) is 61.3 Å². The lowest BCUT2D eigenvalue weighted by atomic mass is 9.99. The molecule has 0 unspecified atom stereocenters. The number of hydrogen-bond acceptors (Lipinski definition) is 1. The molecule has 1 N–H and O–H groups in total. The fourth-order valence-electron chi connectivity index (χ4n) is 3.20. The molecular formula is C10H21N3+2. The van der Waals surface area contributed by atoms with Crippen molar-refractivity contribution in [3.63, 3.8) is 0 Å². The fraction of sp³-hybridized carbons (Fsp3) is 1.00. The lowest BCUT2D eigenvalue weighted by molar-refractivity contribution is -1.08. The molecule has 4 saturated heterocycles. The van der Waals surface area contributed by atoms with Crippen LogP contribution in [0.25, 0.3) is 0 Å². The number of hydrogen-bond donors (Lipinski definition) is 1. The Balaban J connectivity index is 1.79. The zero-order valence-corrected chi connectivity index (χ0v) is 8.63. The highest BCUT2D eigenvalue weighted by molar-refractivity contribution is 4.79. The third kappa shape index (κ3) is 1.07. The zero-order valence-electron chi connectivity index (χ0n) is 8.63. The van der Waals surface area contributed by atoms with Crippen LogP contribution < -0.4 is 5.32 Å². The molecule has 2 bridgehead atoms. The minimum atomic E-state index is 0.967. The van der Waals surface area contributed by atoms with Crippen molar-refractivity contribution in [1.29, 1.82) is 0 Å². The lowest BCUT2D eigenvalue weighted by Gasteiger charge is -2.58. The Bertz CT molecular complexity index is 198. The van der Waals surface area contributed by atoms with E-state index in [0.29, 0.717) is 0 Å². The summed E-state index contributed by atoms with van der Waals surface area (Å²) in [6.07, 6.45) is 0. The maximum absolute atomic E-state index is 3.42. The first-order chi connectivity index (χ1) is 6.23.